The lowest BCUT2D eigenvalue weighted by molar-refractivity contribution is 0.0691. The van der Waals surface area contributed by atoms with Crippen LogP contribution in [-0.2, 0) is 10.0 Å². The first-order chi connectivity index (χ1) is 9.40. The lowest BCUT2D eigenvalue weighted by Gasteiger charge is -2.08. The average molecular weight is 296 g/mol. The van der Waals surface area contributed by atoms with E-state index in [0.29, 0.717) is 0 Å². The molecule has 0 unspecified atom stereocenters. The van der Waals surface area contributed by atoms with Crippen LogP contribution in [0, 0.1) is 5.82 Å². The summed E-state index contributed by atoms with van der Waals surface area (Å²) in [7, 11) is -4.03. The van der Waals surface area contributed by atoms with Crippen molar-refractivity contribution in [3.05, 3.63) is 54.0 Å². The zero-order chi connectivity index (χ0) is 14.8. The minimum absolute atomic E-state index is 0.0775. The lowest BCUT2D eigenvalue weighted by Crippen LogP contribution is -2.15. The highest BCUT2D eigenvalue weighted by Gasteiger charge is 2.19. The maximum Gasteiger partial charge on any atom is 0.338 e. The van der Waals surface area contributed by atoms with Gasteiger partial charge in [0.1, 0.15) is 11.6 Å². The van der Waals surface area contributed by atoms with E-state index >= 15 is 0 Å². The third-order valence-electron chi connectivity index (χ3n) is 2.38. The molecule has 0 saturated carbocycles. The van der Waals surface area contributed by atoms with Crippen LogP contribution in [0.3, 0.4) is 0 Å². The molecule has 8 heteroatoms. The zero-order valence-electron chi connectivity index (χ0n) is 9.95. The number of benzene rings is 1. The SMILES string of the molecule is O=C(O)c1cc(S(=O)(=O)Nc2ccccn2)ccc1F. The molecule has 0 radical (unpaired) electrons. The Balaban J connectivity index is 2.40. The molecule has 2 rings (SSSR count). The Morgan fingerprint density at radius 1 is 1.25 bits per heavy atom. The molecule has 0 aliphatic heterocycles. The second kappa shape index (κ2) is 5.25. The summed E-state index contributed by atoms with van der Waals surface area (Å²) in [6, 6.07) is 7.14. The second-order valence-electron chi connectivity index (χ2n) is 3.77. The highest BCUT2D eigenvalue weighted by Crippen LogP contribution is 2.17. The van der Waals surface area contributed by atoms with Crippen molar-refractivity contribution in [3.8, 4) is 0 Å². The van der Waals surface area contributed by atoms with Crippen molar-refractivity contribution in [2.75, 3.05) is 4.72 Å². The van der Waals surface area contributed by atoms with Crippen molar-refractivity contribution in [2.24, 2.45) is 0 Å². The topological polar surface area (TPSA) is 96.4 Å². The molecule has 1 aromatic heterocycles. The Morgan fingerprint density at radius 3 is 2.60 bits per heavy atom. The predicted octanol–water partition coefficient (Wildman–Crippen LogP) is 1.72. The van der Waals surface area contributed by atoms with Crippen LogP contribution in [0.15, 0.2) is 47.5 Å². The van der Waals surface area contributed by atoms with Gasteiger partial charge in [0.2, 0.25) is 0 Å². The minimum Gasteiger partial charge on any atom is -0.478 e. The molecule has 2 N–H and O–H groups in total. The summed E-state index contributed by atoms with van der Waals surface area (Å²) in [5, 5.41) is 8.78. The quantitative estimate of drug-likeness (QED) is 0.895. The van der Waals surface area contributed by atoms with Gasteiger partial charge in [-0.05, 0) is 30.3 Å². The van der Waals surface area contributed by atoms with Crippen molar-refractivity contribution in [1.82, 2.24) is 4.98 Å². The molecule has 0 aliphatic rings. The van der Waals surface area contributed by atoms with Crippen molar-refractivity contribution in [1.29, 1.82) is 0 Å². The number of carbonyl (C=O) groups is 1. The molecule has 0 saturated heterocycles. The molecule has 1 aromatic carbocycles. The van der Waals surface area contributed by atoms with Crippen LogP contribution in [0.5, 0.6) is 0 Å². The van der Waals surface area contributed by atoms with E-state index in [1.807, 2.05) is 0 Å². The van der Waals surface area contributed by atoms with E-state index in [2.05, 4.69) is 9.71 Å². The number of hydrogen-bond donors (Lipinski definition) is 2. The van der Waals surface area contributed by atoms with Crippen LogP contribution in [0.4, 0.5) is 10.2 Å². The lowest BCUT2D eigenvalue weighted by atomic mass is 10.2. The first-order valence-electron chi connectivity index (χ1n) is 5.37. The summed E-state index contributed by atoms with van der Waals surface area (Å²) < 4.78 is 39.4. The monoisotopic (exact) mass is 296 g/mol. The van der Waals surface area contributed by atoms with Crippen LogP contribution in [0.25, 0.3) is 0 Å². The molecular weight excluding hydrogens is 287 g/mol. The van der Waals surface area contributed by atoms with Gasteiger partial charge in [0.25, 0.3) is 10.0 Å². The van der Waals surface area contributed by atoms with E-state index < -0.39 is 27.4 Å². The van der Waals surface area contributed by atoms with Gasteiger partial charge in [-0.1, -0.05) is 6.07 Å². The molecule has 6 nitrogen and oxygen atoms in total. The second-order valence-corrected chi connectivity index (χ2v) is 5.45. The zero-order valence-corrected chi connectivity index (χ0v) is 10.8. The van der Waals surface area contributed by atoms with Gasteiger partial charge >= 0.3 is 5.97 Å². The normalized spacial score (nSPS) is 11.1. The number of anilines is 1. The molecule has 0 spiro atoms. The first kappa shape index (κ1) is 13.9. The number of nitrogens with one attached hydrogen (secondary N) is 1. The van der Waals surface area contributed by atoms with E-state index in [0.717, 1.165) is 18.2 Å². The fourth-order valence-electron chi connectivity index (χ4n) is 1.46. The van der Waals surface area contributed by atoms with Crippen molar-refractivity contribution >= 4 is 21.8 Å². The van der Waals surface area contributed by atoms with Gasteiger partial charge in [-0.25, -0.2) is 22.6 Å². The van der Waals surface area contributed by atoms with Crippen LogP contribution in [0.1, 0.15) is 10.4 Å². The summed E-state index contributed by atoms with van der Waals surface area (Å²) in [6.45, 7) is 0. The van der Waals surface area contributed by atoms with Crippen molar-refractivity contribution in [3.63, 3.8) is 0 Å². The highest BCUT2D eigenvalue weighted by molar-refractivity contribution is 7.92. The molecule has 1 heterocycles. The number of carboxylic acids is 1. The van der Waals surface area contributed by atoms with Crippen LogP contribution < -0.4 is 4.72 Å². The van der Waals surface area contributed by atoms with Crippen molar-refractivity contribution in [2.45, 2.75) is 4.90 Å². The van der Waals surface area contributed by atoms with E-state index in [4.69, 9.17) is 5.11 Å². The number of hydrogen-bond acceptors (Lipinski definition) is 4. The molecule has 0 bridgehead atoms. The molecule has 0 fully saturated rings. The smallest absolute Gasteiger partial charge is 0.338 e. The fraction of sp³-hybridized carbons (Fsp3) is 0. The maximum atomic E-state index is 13.2. The third kappa shape index (κ3) is 2.91. The highest BCUT2D eigenvalue weighted by atomic mass is 32.2. The van der Waals surface area contributed by atoms with Gasteiger partial charge in [-0.15, -0.1) is 0 Å². The number of sulfonamides is 1. The number of aromatic carboxylic acids is 1. The fourth-order valence-corrected chi connectivity index (χ4v) is 2.49. The number of aromatic nitrogens is 1. The number of rotatable bonds is 4. The van der Waals surface area contributed by atoms with E-state index in [1.165, 1.54) is 12.3 Å². The molecule has 0 atom stereocenters. The van der Waals surface area contributed by atoms with Crippen molar-refractivity contribution < 1.29 is 22.7 Å². The van der Waals surface area contributed by atoms with Gasteiger partial charge in [-0.2, -0.15) is 0 Å². The number of nitrogens with zero attached hydrogens (tertiary/aromatic N) is 1. The van der Waals surface area contributed by atoms with Gasteiger partial charge in [0.05, 0.1) is 10.5 Å². The minimum atomic E-state index is -4.03. The molecule has 0 aliphatic carbocycles. The van der Waals surface area contributed by atoms with Crippen LogP contribution in [-0.4, -0.2) is 24.5 Å². The van der Waals surface area contributed by atoms with Crippen LogP contribution in [0.2, 0.25) is 0 Å². The largest absolute Gasteiger partial charge is 0.478 e. The Morgan fingerprint density at radius 2 is 2.00 bits per heavy atom. The molecule has 2 aromatic rings. The summed E-state index contributed by atoms with van der Waals surface area (Å²) in [5.74, 6) is -2.47. The molecule has 20 heavy (non-hydrogen) atoms. The Kier molecular flexibility index (Phi) is 3.66. The van der Waals surface area contributed by atoms with Gasteiger partial charge in [0.15, 0.2) is 0 Å². The summed E-state index contributed by atoms with van der Waals surface area (Å²) in [6.07, 6.45) is 1.39. The molecular formula is C12H9FN2O4S. The summed E-state index contributed by atoms with van der Waals surface area (Å²) in [5.41, 5.74) is -0.714. The van der Waals surface area contributed by atoms with E-state index in [-0.39, 0.29) is 10.7 Å². The Hall–Kier alpha value is -2.48. The third-order valence-corrected chi connectivity index (χ3v) is 3.73. The van der Waals surface area contributed by atoms with E-state index in [9.17, 15) is 17.6 Å². The van der Waals surface area contributed by atoms with Gasteiger partial charge in [-0.3, -0.25) is 4.72 Å². The van der Waals surface area contributed by atoms with E-state index in [1.54, 1.807) is 12.1 Å². The Labute approximate surface area is 114 Å². The van der Waals surface area contributed by atoms with Gasteiger partial charge < -0.3 is 5.11 Å². The summed E-state index contributed by atoms with van der Waals surface area (Å²) in [4.78, 5) is 14.2. The first-order valence-corrected chi connectivity index (χ1v) is 6.85. The number of pyridine rings is 1. The summed E-state index contributed by atoms with van der Waals surface area (Å²) >= 11 is 0. The number of halogens is 1. The predicted molar refractivity (Wildman–Crippen MR) is 68.4 cm³/mol. The number of carboxylic acid groups (broad SMARTS) is 1. The average Bonchev–Trinajstić information content (AvgIpc) is 2.39. The Bertz CT molecular complexity index is 747. The standard InChI is InChI=1S/C12H9FN2O4S/c13-10-5-4-8(7-9(10)12(16)17)20(18,19)15-11-3-1-2-6-14-11/h1-7H,(H,14,15)(H,16,17). The molecule has 104 valence electrons. The van der Waals surface area contributed by atoms with Crippen LogP contribution >= 0.6 is 0 Å². The maximum absolute atomic E-state index is 13.2. The van der Waals surface area contributed by atoms with Gasteiger partial charge in [0, 0.05) is 6.20 Å². The molecule has 0 amide bonds.